The monoisotopic (exact) mass is 227 g/mol. The van der Waals surface area contributed by atoms with Gasteiger partial charge in [0, 0.05) is 32.5 Å². The average molecular weight is 227 g/mol. The van der Waals surface area contributed by atoms with E-state index in [1.54, 1.807) is 4.68 Å². The van der Waals surface area contributed by atoms with E-state index in [0.29, 0.717) is 25.7 Å². The summed E-state index contributed by atoms with van der Waals surface area (Å²) in [6.07, 6.45) is 1.35. The predicted octanol–water partition coefficient (Wildman–Crippen LogP) is 0.865. The number of hydrogen-bond donors (Lipinski definition) is 2. The summed E-state index contributed by atoms with van der Waals surface area (Å²) in [5.74, 6) is 1.27. The summed E-state index contributed by atoms with van der Waals surface area (Å²) in [4.78, 5) is 0. The molecule has 0 saturated carbocycles. The van der Waals surface area contributed by atoms with Crippen molar-refractivity contribution in [3.05, 3.63) is 12.3 Å². The summed E-state index contributed by atoms with van der Waals surface area (Å²) in [5, 5.41) is 16.8. The Kier molecular flexibility index (Phi) is 5.28. The lowest BCUT2D eigenvalue weighted by Gasteiger charge is -2.13. The highest BCUT2D eigenvalue weighted by Crippen LogP contribution is 2.01. The molecule has 1 unspecified atom stereocenters. The van der Waals surface area contributed by atoms with Gasteiger partial charge in [0.05, 0.1) is 12.7 Å². The molecule has 0 bridgehead atoms. The average Bonchev–Trinajstić information content (AvgIpc) is 2.61. The lowest BCUT2D eigenvalue weighted by Crippen LogP contribution is -2.25. The molecule has 1 heterocycles. The van der Waals surface area contributed by atoms with Crippen molar-refractivity contribution in [2.75, 3.05) is 25.1 Å². The molecule has 0 aromatic carbocycles. The van der Waals surface area contributed by atoms with E-state index in [-0.39, 0.29) is 0 Å². The Labute approximate surface area is 96.4 Å². The molecular weight excluding hydrogens is 206 g/mol. The number of hydrogen-bond acceptors (Lipinski definition) is 4. The first-order chi connectivity index (χ1) is 7.58. The minimum atomic E-state index is -0.499. The smallest absolute Gasteiger partial charge is 0.148 e. The fourth-order valence-electron chi connectivity index (χ4n) is 1.23. The molecular formula is C11H21N3O2. The van der Waals surface area contributed by atoms with Gasteiger partial charge in [-0.3, -0.25) is 4.68 Å². The molecule has 0 saturated heterocycles. The second-order valence-electron chi connectivity index (χ2n) is 4.34. The maximum atomic E-state index is 9.61. The largest absolute Gasteiger partial charge is 0.389 e. The van der Waals surface area contributed by atoms with Crippen molar-refractivity contribution in [3.63, 3.8) is 0 Å². The lowest BCUT2D eigenvalue weighted by atomic mass is 10.2. The fraction of sp³-hybridized carbons (Fsp3) is 0.727. The highest BCUT2D eigenvalue weighted by atomic mass is 16.5. The minimum Gasteiger partial charge on any atom is -0.389 e. The van der Waals surface area contributed by atoms with Crippen LogP contribution in [0.3, 0.4) is 0 Å². The van der Waals surface area contributed by atoms with Crippen LogP contribution in [0.25, 0.3) is 0 Å². The molecule has 1 aromatic rings. The minimum absolute atomic E-state index is 0.359. The molecule has 0 amide bonds. The standard InChI is InChI=1S/C11H21N3O2/c1-9(2)7-16-8-10(15)6-12-11-4-5-14(3)13-11/h4-5,9-10,15H,6-8H2,1-3H3,(H,12,13). The molecule has 1 rings (SSSR count). The van der Waals surface area contributed by atoms with Gasteiger partial charge in [-0.15, -0.1) is 0 Å². The van der Waals surface area contributed by atoms with Gasteiger partial charge in [-0.25, -0.2) is 0 Å². The van der Waals surface area contributed by atoms with Crippen LogP contribution >= 0.6 is 0 Å². The zero-order chi connectivity index (χ0) is 12.0. The second kappa shape index (κ2) is 6.50. The predicted molar refractivity (Wildman–Crippen MR) is 63.4 cm³/mol. The third-order valence-electron chi connectivity index (χ3n) is 1.99. The lowest BCUT2D eigenvalue weighted by molar-refractivity contribution is 0.0317. The van der Waals surface area contributed by atoms with Crippen molar-refractivity contribution in [3.8, 4) is 0 Å². The SMILES string of the molecule is CC(C)COCC(O)CNc1ccn(C)n1. The van der Waals surface area contributed by atoms with Gasteiger partial charge in [0.2, 0.25) is 0 Å². The Balaban J connectivity index is 2.12. The van der Waals surface area contributed by atoms with Gasteiger partial charge >= 0.3 is 0 Å². The first-order valence-corrected chi connectivity index (χ1v) is 5.57. The van der Waals surface area contributed by atoms with Crippen LogP contribution < -0.4 is 5.32 Å². The van der Waals surface area contributed by atoms with Crippen LogP contribution in [-0.2, 0) is 11.8 Å². The third-order valence-corrected chi connectivity index (χ3v) is 1.99. The van der Waals surface area contributed by atoms with Crippen molar-refractivity contribution in [2.45, 2.75) is 20.0 Å². The van der Waals surface area contributed by atoms with E-state index in [0.717, 1.165) is 5.82 Å². The Hall–Kier alpha value is -1.07. The van der Waals surface area contributed by atoms with Gasteiger partial charge in [-0.1, -0.05) is 13.8 Å². The molecule has 5 heteroatoms. The van der Waals surface area contributed by atoms with Crippen molar-refractivity contribution >= 4 is 5.82 Å². The zero-order valence-corrected chi connectivity index (χ0v) is 10.2. The maximum Gasteiger partial charge on any atom is 0.148 e. The van der Waals surface area contributed by atoms with Crippen molar-refractivity contribution in [2.24, 2.45) is 13.0 Å². The number of rotatable bonds is 7. The molecule has 0 radical (unpaired) electrons. The first kappa shape index (κ1) is 13.0. The molecule has 5 nitrogen and oxygen atoms in total. The number of aliphatic hydroxyl groups is 1. The molecule has 0 spiro atoms. The van der Waals surface area contributed by atoms with Crippen LogP contribution in [0.15, 0.2) is 12.3 Å². The van der Waals surface area contributed by atoms with Crippen molar-refractivity contribution in [1.29, 1.82) is 0 Å². The molecule has 0 aliphatic rings. The molecule has 0 aliphatic carbocycles. The summed E-state index contributed by atoms with van der Waals surface area (Å²) >= 11 is 0. The molecule has 2 N–H and O–H groups in total. The van der Waals surface area contributed by atoms with Crippen LogP contribution in [0.4, 0.5) is 5.82 Å². The van der Waals surface area contributed by atoms with E-state index < -0.39 is 6.10 Å². The zero-order valence-electron chi connectivity index (χ0n) is 10.2. The second-order valence-corrected chi connectivity index (χ2v) is 4.34. The third kappa shape index (κ3) is 5.14. The van der Waals surface area contributed by atoms with E-state index in [4.69, 9.17) is 4.74 Å². The topological polar surface area (TPSA) is 59.3 Å². The van der Waals surface area contributed by atoms with Gasteiger partial charge < -0.3 is 15.2 Å². The van der Waals surface area contributed by atoms with Crippen LogP contribution in [0, 0.1) is 5.92 Å². The normalized spacial score (nSPS) is 13.1. The Bertz CT molecular complexity index is 299. The maximum absolute atomic E-state index is 9.61. The summed E-state index contributed by atoms with van der Waals surface area (Å²) in [5.41, 5.74) is 0. The van der Waals surface area contributed by atoms with Crippen molar-refractivity contribution in [1.82, 2.24) is 9.78 Å². The van der Waals surface area contributed by atoms with E-state index in [1.807, 2.05) is 19.3 Å². The van der Waals surface area contributed by atoms with Gasteiger partial charge in [0.25, 0.3) is 0 Å². The van der Waals surface area contributed by atoms with Crippen LogP contribution in [0.1, 0.15) is 13.8 Å². The number of nitrogens with one attached hydrogen (secondary N) is 1. The highest BCUT2D eigenvalue weighted by molar-refractivity contribution is 5.31. The Morgan fingerprint density at radius 1 is 1.50 bits per heavy atom. The number of aromatic nitrogens is 2. The van der Waals surface area contributed by atoms with Gasteiger partial charge in [0.15, 0.2) is 0 Å². The molecule has 92 valence electrons. The van der Waals surface area contributed by atoms with Crippen LogP contribution in [-0.4, -0.2) is 40.7 Å². The van der Waals surface area contributed by atoms with Crippen LogP contribution in [0.2, 0.25) is 0 Å². The number of ether oxygens (including phenoxy) is 1. The van der Waals surface area contributed by atoms with E-state index in [9.17, 15) is 5.11 Å². The molecule has 0 aliphatic heterocycles. The molecule has 1 aromatic heterocycles. The molecule has 0 fully saturated rings. The van der Waals surface area contributed by atoms with E-state index in [2.05, 4.69) is 24.3 Å². The Morgan fingerprint density at radius 2 is 2.25 bits per heavy atom. The number of anilines is 1. The fourth-order valence-corrected chi connectivity index (χ4v) is 1.23. The first-order valence-electron chi connectivity index (χ1n) is 5.57. The number of nitrogens with zero attached hydrogens (tertiary/aromatic N) is 2. The summed E-state index contributed by atoms with van der Waals surface area (Å²) < 4.78 is 7.05. The summed E-state index contributed by atoms with van der Waals surface area (Å²) in [7, 11) is 1.85. The number of aryl methyl sites for hydroxylation is 1. The molecule has 1 atom stereocenters. The van der Waals surface area contributed by atoms with Gasteiger partial charge in [0.1, 0.15) is 5.82 Å². The highest BCUT2D eigenvalue weighted by Gasteiger charge is 2.05. The molecule has 16 heavy (non-hydrogen) atoms. The summed E-state index contributed by atoms with van der Waals surface area (Å²) in [6.45, 7) is 5.66. The van der Waals surface area contributed by atoms with Gasteiger partial charge in [-0.2, -0.15) is 5.10 Å². The summed E-state index contributed by atoms with van der Waals surface area (Å²) in [6, 6.07) is 1.86. The van der Waals surface area contributed by atoms with E-state index in [1.165, 1.54) is 0 Å². The van der Waals surface area contributed by atoms with Gasteiger partial charge in [-0.05, 0) is 5.92 Å². The Morgan fingerprint density at radius 3 is 2.81 bits per heavy atom. The number of aliphatic hydroxyl groups excluding tert-OH is 1. The van der Waals surface area contributed by atoms with E-state index >= 15 is 0 Å². The van der Waals surface area contributed by atoms with Crippen LogP contribution in [0.5, 0.6) is 0 Å². The van der Waals surface area contributed by atoms with Crippen molar-refractivity contribution < 1.29 is 9.84 Å². The quantitative estimate of drug-likeness (QED) is 0.725.